The third-order valence-corrected chi connectivity index (χ3v) is 5.20. The van der Waals surface area contributed by atoms with Crippen molar-refractivity contribution in [3.8, 4) is 11.3 Å². The van der Waals surface area contributed by atoms with Crippen LogP contribution in [0.15, 0.2) is 48.8 Å². The standard InChI is InChI=1S/C22H23FN4O/c1-15-8-9-16(13-24-15)11-21(28)27-10-3-2-7-20(27)22-25-14-19(26-22)17-5-4-6-18(23)12-17/h4-6,8-9,12-14,20H,2-3,7,10-11H2,1H3,(H,25,26). The van der Waals surface area contributed by atoms with E-state index in [0.29, 0.717) is 6.42 Å². The molecule has 1 unspecified atom stereocenters. The fourth-order valence-corrected chi connectivity index (χ4v) is 3.70. The van der Waals surface area contributed by atoms with Crippen molar-refractivity contribution in [1.29, 1.82) is 0 Å². The van der Waals surface area contributed by atoms with Crippen molar-refractivity contribution in [2.45, 2.75) is 38.6 Å². The highest BCUT2D eigenvalue weighted by Crippen LogP contribution is 2.31. The lowest BCUT2D eigenvalue weighted by molar-refractivity contribution is -0.134. The third kappa shape index (κ3) is 3.96. The van der Waals surface area contributed by atoms with Gasteiger partial charge in [0.15, 0.2) is 0 Å². The normalized spacial score (nSPS) is 16.9. The van der Waals surface area contributed by atoms with Crippen LogP contribution in [-0.4, -0.2) is 32.3 Å². The highest BCUT2D eigenvalue weighted by molar-refractivity contribution is 5.79. The van der Waals surface area contributed by atoms with Crippen LogP contribution < -0.4 is 0 Å². The van der Waals surface area contributed by atoms with E-state index in [9.17, 15) is 9.18 Å². The molecule has 0 radical (unpaired) electrons. The summed E-state index contributed by atoms with van der Waals surface area (Å²) in [5.74, 6) is 0.559. The number of carbonyl (C=O) groups is 1. The number of hydrogen-bond acceptors (Lipinski definition) is 3. The maximum absolute atomic E-state index is 13.5. The summed E-state index contributed by atoms with van der Waals surface area (Å²) in [7, 11) is 0. The molecule has 1 saturated heterocycles. The van der Waals surface area contributed by atoms with Gasteiger partial charge >= 0.3 is 0 Å². The molecule has 3 heterocycles. The van der Waals surface area contributed by atoms with Gasteiger partial charge in [0, 0.05) is 24.0 Å². The number of amides is 1. The monoisotopic (exact) mass is 378 g/mol. The molecule has 1 aliphatic heterocycles. The molecule has 28 heavy (non-hydrogen) atoms. The van der Waals surface area contributed by atoms with Crippen LogP contribution in [0.3, 0.4) is 0 Å². The molecule has 0 bridgehead atoms. The number of nitrogens with zero attached hydrogens (tertiary/aromatic N) is 3. The Morgan fingerprint density at radius 1 is 1.21 bits per heavy atom. The maximum Gasteiger partial charge on any atom is 0.227 e. The van der Waals surface area contributed by atoms with Gasteiger partial charge in [0.2, 0.25) is 5.91 Å². The number of imidazole rings is 1. The van der Waals surface area contributed by atoms with Gasteiger partial charge in [-0.05, 0) is 49.9 Å². The van der Waals surface area contributed by atoms with E-state index < -0.39 is 0 Å². The first kappa shape index (κ1) is 18.3. The van der Waals surface area contributed by atoms with Crippen LogP contribution in [0.4, 0.5) is 4.39 Å². The van der Waals surface area contributed by atoms with Crippen molar-refractivity contribution < 1.29 is 9.18 Å². The quantitative estimate of drug-likeness (QED) is 0.740. The summed E-state index contributed by atoms with van der Waals surface area (Å²) in [5, 5.41) is 0. The van der Waals surface area contributed by atoms with Crippen LogP contribution in [0, 0.1) is 12.7 Å². The molecule has 3 aromatic rings. The minimum Gasteiger partial charge on any atom is -0.340 e. The highest BCUT2D eigenvalue weighted by Gasteiger charge is 2.30. The van der Waals surface area contributed by atoms with Crippen molar-refractivity contribution in [3.63, 3.8) is 0 Å². The Hall–Kier alpha value is -3.02. The molecule has 144 valence electrons. The molecule has 1 amide bonds. The number of aryl methyl sites for hydroxylation is 1. The number of benzene rings is 1. The lowest BCUT2D eigenvalue weighted by atomic mass is 10.0. The second-order valence-electron chi connectivity index (χ2n) is 7.28. The van der Waals surface area contributed by atoms with Gasteiger partial charge in [-0.1, -0.05) is 18.2 Å². The van der Waals surface area contributed by atoms with Gasteiger partial charge in [-0.15, -0.1) is 0 Å². The Bertz CT molecular complexity index is 967. The van der Waals surface area contributed by atoms with Gasteiger partial charge in [-0.25, -0.2) is 9.37 Å². The van der Waals surface area contributed by atoms with E-state index in [2.05, 4.69) is 15.0 Å². The first-order valence-electron chi connectivity index (χ1n) is 9.62. The van der Waals surface area contributed by atoms with Gasteiger partial charge in [-0.2, -0.15) is 0 Å². The summed E-state index contributed by atoms with van der Waals surface area (Å²) in [6.07, 6.45) is 6.73. The molecule has 2 aromatic heterocycles. The molecule has 1 atom stereocenters. The second-order valence-corrected chi connectivity index (χ2v) is 7.28. The first-order chi connectivity index (χ1) is 13.6. The van der Waals surface area contributed by atoms with Crippen LogP contribution >= 0.6 is 0 Å². The lowest BCUT2D eigenvalue weighted by Crippen LogP contribution is -2.39. The molecule has 1 aromatic carbocycles. The number of piperidine rings is 1. The number of aromatic amines is 1. The summed E-state index contributed by atoms with van der Waals surface area (Å²) >= 11 is 0. The number of rotatable bonds is 4. The predicted molar refractivity (Wildman–Crippen MR) is 105 cm³/mol. The van der Waals surface area contributed by atoms with Crippen molar-refractivity contribution in [3.05, 3.63) is 71.7 Å². The zero-order valence-corrected chi connectivity index (χ0v) is 15.9. The van der Waals surface area contributed by atoms with Crippen LogP contribution in [0.2, 0.25) is 0 Å². The number of nitrogens with one attached hydrogen (secondary N) is 1. The molecule has 1 N–H and O–H groups in total. The first-order valence-corrected chi connectivity index (χ1v) is 9.62. The molecule has 0 aliphatic carbocycles. The van der Waals surface area contributed by atoms with Crippen LogP contribution in [0.1, 0.15) is 42.4 Å². The Morgan fingerprint density at radius 3 is 2.89 bits per heavy atom. The van der Waals surface area contributed by atoms with Gasteiger partial charge in [-0.3, -0.25) is 9.78 Å². The van der Waals surface area contributed by atoms with Gasteiger partial charge in [0.25, 0.3) is 0 Å². The van der Waals surface area contributed by atoms with Crippen molar-refractivity contribution in [2.75, 3.05) is 6.54 Å². The largest absolute Gasteiger partial charge is 0.340 e. The van der Waals surface area contributed by atoms with Gasteiger partial charge in [0.1, 0.15) is 11.6 Å². The average molecular weight is 378 g/mol. The molecule has 6 heteroatoms. The Balaban J connectivity index is 1.54. The summed E-state index contributed by atoms with van der Waals surface area (Å²) in [6.45, 7) is 2.65. The van der Waals surface area contributed by atoms with E-state index in [4.69, 9.17) is 0 Å². The smallest absolute Gasteiger partial charge is 0.227 e. The fourth-order valence-electron chi connectivity index (χ4n) is 3.70. The third-order valence-electron chi connectivity index (χ3n) is 5.20. The number of likely N-dealkylation sites (tertiary alicyclic amines) is 1. The topological polar surface area (TPSA) is 61.9 Å². The average Bonchev–Trinajstić information content (AvgIpc) is 3.20. The Labute approximate surface area is 163 Å². The summed E-state index contributed by atoms with van der Waals surface area (Å²) in [5.41, 5.74) is 3.36. The van der Waals surface area contributed by atoms with Gasteiger partial charge < -0.3 is 9.88 Å². The highest BCUT2D eigenvalue weighted by atomic mass is 19.1. The van der Waals surface area contributed by atoms with E-state index in [0.717, 1.165) is 54.1 Å². The minimum absolute atomic E-state index is 0.0815. The SMILES string of the molecule is Cc1ccc(CC(=O)N2CCCCC2c2ncc(-c3cccc(F)c3)[nH]2)cn1. The lowest BCUT2D eigenvalue weighted by Gasteiger charge is -2.34. The van der Waals surface area contributed by atoms with Crippen molar-refractivity contribution in [2.24, 2.45) is 0 Å². The number of carbonyl (C=O) groups excluding carboxylic acids is 1. The van der Waals surface area contributed by atoms with E-state index in [1.807, 2.05) is 30.0 Å². The molecule has 0 spiro atoms. The molecule has 0 saturated carbocycles. The molecular weight excluding hydrogens is 355 g/mol. The Kier molecular flexibility index (Phi) is 5.19. The molecule has 5 nitrogen and oxygen atoms in total. The number of pyridine rings is 1. The summed E-state index contributed by atoms with van der Waals surface area (Å²) in [4.78, 5) is 27.0. The molecule has 1 aliphatic rings. The summed E-state index contributed by atoms with van der Waals surface area (Å²) in [6, 6.07) is 10.2. The summed E-state index contributed by atoms with van der Waals surface area (Å²) < 4.78 is 13.5. The number of halogens is 1. The van der Waals surface area contributed by atoms with E-state index in [1.54, 1.807) is 18.5 Å². The molecule has 4 rings (SSSR count). The van der Waals surface area contributed by atoms with Gasteiger partial charge in [0.05, 0.1) is 24.4 Å². The fraction of sp³-hybridized carbons (Fsp3) is 0.318. The van der Waals surface area contributed by atoms with Crippen molar-refractivity contribution >= 4 is 5.91 Å². The number of H-pyrrole nitrogens is 1. The maximum atomic E-state index is 13.5. The van der Waals surface area contributed by atoms with Crippen LogP contribution in [0.5, 0.6) is 0 Å². The van der Waals surface area contributed by atoms with E-state index in [1.165, 1.54) is 12.1 Å². The van der Waals surface area contributed by atoms with E-state index >= 15 is 0 Å². The van der Waals surface area contributed by atoms with Crippen molar-refractivity contribution in [1.82, 2.24) is 19.9 Å². The second kappa shape index (κ2) is 7.92. The Morgan fingerprint density at radius 2 is 2.11 bits per heavy atom. The molecule has 1 fully saturated rings. The zero-order chi connectivity index (χ0) is 19.5. The number of hydrogen-bond donors (Lipinski definition) is 1. The minimum atomic E-state index is -0.283. The predicted octanol–water partition coefficient (Wildman–Crippen LogP) is 4.22. The number of aromatic nitrogens is 3. The molecular formula is C22H23FN4O. The van der Waals surface area contributed by atoms with E-state index in [-0.39, 0.29) is 17.8 Å². The zero-order valence-electron chi connectivity index (χ0n) is 15.9. The van der Waals surface area contributed by atoms with Crippen LogP contribution in [0.25, 0.3) is 11.3 Å². The van der Waals surface area contributed by atoms with Crippen LogP contribution in [-0.2, 0) is 11.2 Å².